The highest BCUT2D eigenvalue weighted by atomic mass is 32.1. The van der Waals surface area contributed by atoms with Crippen LogP contribution in [0, 0.1) is 11.6 Å². The number of amides is 2. The molecule has 1 saturated heterocycles. The lowest BCUT2D eigenvalue weighted by Gasteiger charge is -2.29. The van der Waals surface area contributed by atoms with Gasteiger partial charge in [0.05, 0.1) is 18.2 Å². The van der Waals surface area contributed by atoms with E-state index in [0.717, 1.165) is 23.3 Å². The molecule has 1 aliphatic heterocycles. The molecule has 178 valence electrons. The number of ether oxygens (including phenoxy) is 1. The van der Waals surface area contributed by atoms with Crippen LogP contribution in [-0.2, 0) is 22.6 Å². The highest BCUT2D eigenvalue weighted by Crippen LogP contribution is 2.19. The van der Waals surface area contributed by atoms with Gasteiger partial charge in [-0.15, -0.1) is 11.3 Å². The van der Waals surface area contributed by atoms with Crippen LogP contribution in [-0.4, -0.2) is 47.4 Å². The molecule has 34 heavy (non-hydrogen) atoms. The van der Waals surface area contributed by atoms with Crippen LogP contribution in [0.3, 0.4) is 0 Å². The zero-order chi connectivity index (χ0) is 23.9. The van der Waals surface area contributed by atoms with E-state index in [-0.39, 0.29) is 43.0 Å². The molecule has 1 unspecified atom stereocenters. The fourth-order valence-corrected chi connectivity index (χ4v) is 4.67. The highest BCUT2D eigenvalue weighted by molar-refractivity contribution is 7.09. The maximum Gasteiger partial charge on any atom is 0.257 e. The number of carbonyl (C=O) groups is 2. The number of halogens is 2. The molecule has 2 amide bonds. The number of rotatable bonds is 9. The van der Waals surface area contributed by atoms with Gasteiger partial charge in [-0.1, -0.05) is 30.3 Å². The second-order valence-electron chi connectivity index (χ2n) is 8.26. The lowest BCUT2D eigenvalue weighted by Crippen LogP contribution is -2.45. The summed E-state index contributed by atoms with van der Waals surface area (Å²) in [7, 11) is 0. The Morgan fingerprint density at radius 3 is 2.44 bits per heavy atom. The van der Waals surface area contributed by atoms with Crippen molar-refractivity contribution in [3.05, 3.63) is 93.7 Å². The van der Waals surface area contributed by atoms with Gasteiger partial charge in [0.2, 0.25) is 5.91 Å². The quantitative estimate of drug-likeness (QED) is 0.435. The lowest BCUT2D eigenvalue weighted by atomic mass is 10.1. The van der Waals surface area contributed by atoms with Gasteiger partial charge in [-0.05, 0) is 54.1 Å². The molecule has 0 bridgehead atoms. The Bertz CT molecular complexity index is 1100. The molecule has 1 aromatic heterocycles. The number of thiophene rings is 1. The fraction of sp³-hybridized carbons (Fsp3) is 0.308. The van der Waals surface area contributed by atoms with Gasteiger partial charge < -0.3 is 14.5 Å². The number of hydrogen-bond acceptors (Lipinski definition) is 4. The van der Waals surface area contributed by atoms with Gasteiger partial charge in [-0.3, -0.25) is 9.59 Å². The van der Waals surface area contributed by atoms with Gasteiger partial charge in [-0.25, -0.2) is 8.78 Å². The first kappa shape index (κ1) is 24.0. The molecule has 0 saturated carbocycles. The smallest absolute Gasteiger partial charge is 0.257 e. The predicted octanol–water partition coefficient (Wildman–Crippen LogP) is 4.88. The predicted molar refractivity (Wildman–Crippen MR) is 126 cm³/mol. The summed E-state index contributed by atoms with van der Waals surface area (Å²) in [6.45, 7) is 1.23. The largest absolute Gasteiger partial charge is 0.376 e. The fourth-order valence-electron chi connectivity index (χ4n) is 3.95. The highest BCUT2D eigenvalue weighted by Gasteiger charge is 2.28. The molecule has 1 atom stereocenters. The zero-order valence-electron chi connectivity index (χ0n) is 18.7. The monoisotopic (exact) mass is 484 g/mol. The molecule has 3 aromatic rings. The average molecular weight is 485 g/mol. The number of benzene rings is 2. The summed E-state index contributed by atoms with van der Waals surface area (Å²) in [4.78, 5) is 30.7. The van der Waals surface area contributed by atoms with Crippen LogP contribution < -0.4 is 0 Å². The summed E-state index contributed by atoms with van der Waals surface area (Å²) in [6.07, 6.45) is 1.48. The van der Waals surface area contributed by atoms with Crippen LogP contribution in [0.5, 0.6) is 0 Å². The van der Waals surface area contributed by atoms with Gasteiger partial charge in [0.1, 0.15) is 18.2 Å². The average Bonchev–Trinajstić information content (AvgIpc) is 3.54. The number of hydrogen-bond donors (Lipinski definition) is 0. The van der Waals surface area contributed by atoms with Crippen molar-refractivity contribution in [1.82, 2.24) is 9.80 Å². The molecule has 1 fully saturated rings. The third kappa shape index (κ3) is 6.27. The van der Waals surface area contributed by atoms with Crippen LogP contribution in [0.2, 0.25) is 0 Å². The summed E-state index contributed by atoms with van der Waals surface area (Å²) in [5.41, 5.74) is 0.703. The first-order chi connectivity index (χ1) is 16.5. The summed E-state index contributed by atoms with van der Waals surface area (Å²) < 4.78 is 33.4. The van der Waals surface area contributed by atoms with Crippen molar-refractivity contribution in [3.63, 3.8) is 0 Å². The van der Waals surface area contributed by atoms with E-state index in [1.165, 1.54) is 46.6 Å². The summed E-state index contributed by atoms with van der Waals surface area (Å²) in [5.74, 6) is -1.79. The zero-order valence-corrected chi connectivity index (χ0v) is 19.5. The molecule has 1 aliphatic rings. The maximum absolute atomic E-state index is 14.4. The van der Waals surface area contributed by atoms with E-state index in [2.05, 4.69) is 0 Å². The van der Waals surface area contributed by atoms with Gasteiger partial charge in [-0.2, -0.15) is 0 Å². The molecule has 4 rings (SSSR count). The van der Waals surface area contributed by atoms with E-state index in [0.29, 0.717) is 13.2 Å². The first-order valence-electron chi connectivity index (χ1n) is 11.2. The summed E-state index contributed by atoms with van der Waals surface area (Å²) in [6, 6.07) is 15.6. The Morgan fingerprint density at radius 1 is 0.971 bits per heavy atom. The van der Waals surface area contributed by atoms with Gasteiger partial charge in [0.15, 0.2) is 0 Å². The molecular formula is C26H26F2N2O3S. The van der Waals surface area contributed by atoms with E-state index in [4.69, 9.17) is 4.74 Å². The summed E-state index contributed by atoms with van der Waals surface area (Å²) >= 11 is 1.53. The van der Waals surface area contributed by atoms with E-state index >= 15 is 0 Å². The molecule has 2 heterocycles. The van der Waals surface area contributed by atoms with Crippen molar-refractivity contribution in [1.29, 1.82) is 0 Å². The second kappa shape index (κ2) is 11.4. The van der Waals surface area contributed by atoms with Crippen molar-refractivity contribution in [2.45, 2.75) is 32.0 Å². The molecule has 5 nitrogen and oxygen atoms in total. The molecule has 8 heteroatoms. The minimum absolute atomic E-state index is 0.0726. The molecule has 2 aromatic carbocycles. The second-order valence-corrected chi connectivity index (χ2v) is 9.29. The van der Waals surface area contributed by atoms with Crippen LogP contribution in [0.4, 0.5) is 8.78 Å². The third-order valence-corrected chi connectivity index (χ3v) is 6.59. The Hall–Kier alpha value is -3.10. The van der Waals surface area contributed by atoms with Crippen molar-refractivity contribution in [3.8, 4) is 0 Å². The van der Waals surface area contributed by atoms with E-state index in [1.807, 2.05) is 17.5 Å². The Labute approximate surface area is 201 Å². The van der Waals surface area contributed by atoms with Crippen molar-refractivity contribution in [2.75, 3.05) is 19.7 Å². The Morgan fingerprint density at radius 2 is 1.76 bits per heavy atom. The molecule has 0 spiro atoms. The van der Waals surface area contributed by atoms with Gasteiger partial charge in [0, 0.05) is 24.6 Å². The topological polar surface area (TPSA) is 49.9 Å². The third-order valence-electron chi connectivity index (χ3n) is 5.73. The van der Waals surface area contributed by atoms with Crippen LogP contribution in [0.25, 0.3) is 0 Å². The number of carbonyl (C=O) groups excluding carboxylic acids is 2. The molecule has 0 radical (unpaired) electrons. The SMILES string of the molecule is O=C(CN(CC1CCCO1)C(=O)c1ccccc1F)N(Cc1ccc(F)cc1)Cc1cccs1. The van der Waals surface area contributed by atoms with E-state index in [1.54, 1.807) is 23.1 Å². The maximum atomic E-state index is 14.4. The van der Waals surface area contributed by atoms with Crippen molar-refractivity contribution >= 4 is 23.2 Å². The normalized spacial score (nSPS) is 15.3. The van der Waals surface area contributed by atoms with Crippen LogP contribution >= 0.6 is 11.3 Å². The standard InChI is InChI=1S/C26H26F2N2O3S/c27-20-11-9-19(10-12-20)15-29(17-22-6-4-14-34-22)25(31)18-30(16-21-5-3-13-33-21)26(32)23-7-1-2-8-24(23)28/h1-2,4,6-12,14,21H,3,5,13,15-18H2. The first-order valence-corrected chi connectivity index (χ1v) is 12.1. The van der Waals surface area contributed by atoms with E-state index < -0.39 is 11.7 Å². The lowest BCUT2D eigenvalue weighted by molar-refractivity contribution is -0.133. The Balaban J connectivity index is 1.55. The minimum atomic E-state index is -0.626. The molecular weight excluding hydrogens is 458 g/mol. The van der Waals surface area contributed by atoms with Crippen molar-refractivity contribution < 1.29 is 23.1 Å². The van der Waals surface area contributed by atoms with E-state index in [9.17, 15) is 18.4 Å². The Kier molecular flexibility index (Phi) is 8.03. The van der Waals surface area contributed by atoms with Crippen molar-refractivity contribution in [2.24, 2.45) is 0 Å². The molecule has 0 N–H and O–H groups in total. The van der Waals surface area contributed by atoms with Crippen LogP contribution in [0.15, 0.2) is 66.0 Å². The molecule has 0 aliphatic carbocycles. The van der Waals surface area contributed by atoms with Crippen LogP contribution in [0.1, 0.15) is 33.6 Å². The van der Waals surface area contributed by atoms with Gasteiger partial charge >= 0.3 is 0 Å². The summed E-state index contributed by atoms with van der Waals surface area (Å²) in [5, 5.41) is 1.93. The number of nitrogens with zero attached hydrogens (tertiary/aromatic N) is 2. The minimum Gasteiger partial charge on any atom is -0.376 e. The van der Waals surface area contributed by atoms with Gasteiger partial charge in [0.25, 0.3) is 5.91 Å².